The van der Waals surface area contributed by atoms with Crippen LogP contribution in [0.4, 0.5) is 0 Å². The zero-order valence-electron chi connectivity index (χ0n) is 88.4. The second-order valence-corrected chi connectivity index (χ2v) is 47.4. The van der Waals surface area contributed by atoms with E-state index < -0.39 is 15.2 Å². The third kappa shape index (κ3) is 88.4. The maximum atomic E-state index is 12.3. The predicted molar refractivity (Wildman–Crippen MR) is 586 cm³/mol. The minimum Gasteiger partial charge on any atom is -0.466 e. The summed E-state index contributed by atoms with van der Waals surface area (Å²) in [6.07, 6.45) is 122. The summed E-state index contributed by atoms with van der Waals surface area (Å²) in [5.74, 6) is 4.03. The first-order valence-corrected chi connectivity index (χ1v) is 64.3. The van der Waals surface area contributed by atoms with E-state index in [-0.39, 0.29) is 17.4 Å². The van der Waals surface area contributed by atoms with Gasteiger partial charge in [0.05, 0.1) is 26.4 Å². The molecule has 0 aliphatic heterocycles. The molecule has 2 atom stereocenters. The molecule has 0 bridgehead atoms. The lowest BCUT2D eigenvalue weighted by Gasteiger charge is -2.27. The zero-order chi connectivity index (χ0) is 93.7. The SMILES string of the molecule is CCCCCCCCCCCCCCCCCOC(=O)CCCCCCCCCCCCCCCCCSP(OCCCCCCCCCCCCCCCCC)Oc1ccc(C(C)(C)c2ccc(OP(OCCCCCCCCCCCCCCCCC)SCCCCCCCCCCCCCCCCCC(=O)OCCCCCCCCCCCCCCCCC)cc2)cc1. The number of hydrogen-bond donors (Lipinski definition) is 0. The Balaban J connectivity index is 1.76. The first-order valence-electron chi connectivity index (χ1n) is 58.7. The summed E-state index contributed by atoms with van der Waals surface area (Å²) in [6, 6.07) is 17.9. The molecule has 0 aliphatic carbocycles. The summed E-state index contributed by atoms with van der Waals surface area (Å²) in [4.78, 5) is 24.6. The number of rotatable bonds is 110. The van der Waals surface area contributed by atoms with Crippen molar-refractivity contribution in [2.24, 2.45) is 0 Å². The van der Waals surface area contributed by atoms with Gasteiger partial charge in [0.25, 0.3) is 15.2 Å². The molecular formula is C119H222O8P2S2. The molecule has 768 valence electrons. The van der Waals surface area contributed by atoms with E-state index in [9.17, 15) is 9.59 Å². The third-order valence-electron chi connectivity index (χ3n) is 27.9. The standard InChI is InChI=1S/C119H222O8P2S2/c1-7-11-15-19-23-27-31-35-43-51-59-67-75-83-91-107-122-117(120)97-89-81-73-65-57-49-41-39-47-55-63-71-79-87-95-111-130-128(124-109-93-85-77-69-61-53-45-37-33-29-25-21-17-13-9-3)126-115-103-99-113(100-104-115)119(5,6)114-101-105-116(106-102-114)127-129(125-110-94-86-78-70-62-54-46-38-34-30-26-22-18-14-10-4)131-112-96-88-80-72-64-56-48-40-42-50-58-66-74-82-90-98-118(121)123-108-92-84-76-68-60-52-44-36-32-28-24-20-16-12-8-2/h99-106H,7-98,107-112H2,1-6H3. The molecule has 0 fully saturated rings. The van der Waals surface area contributed by atoms with Crippen molar-refractivity contribution in [2.45, 2.75) is 638 Å². The first-order chi connectivity index (χ1) is 64.7. The molecule has 0 aliphatic rings. The van der Waals surface area contributed by atoms with Crippen LogP contribution in [0, 0.1) is 0 Å². The molecule has 0 spiro atoms. The maximum absolute atomic E-state index is 12.3. The van der Waals surface area contributed by atoms with Gasteiger partial charge >= 0.3 is 11.9 Å². The highest BCUT2D eigenvalue weighted by Gasteiger charge is 2.25. The Bertz CT molecular complexity index is 2400. The lowest BCUT2D eigenvalue weighted by Crippen LogP contribution is -2.18. The number of esters is 2. The van der Waals surface area contributed by atoms with Gasteiger partial charge < -0.3 is 27.6 Å². The molecule has 0 radical (unpaired) electrons. The molecule has 2 aromatic rings. The van der Waals surface area contributed by atoms with Gasteiger partial charge in [0.2, 0.25) is 0 Å². The Morgan fingerprint density at radius 3 is 0.565 bits per heavy atom. The highest BCUT2D eigenvalue weighted by molar-refractivity contribution is 8.53. The van der Waals surface area contributed by atoms with Gasteiger partial charge in [0.1, 0.15) is 11.5 Å². The molecule has 131 heavy (non-hydrogen) atoms. The van der Waals surface area contributed by atoms with Crippen molar-refractivity contribution >= 4 is 49.9 Å². The predicted octanol–water partition coefficient (Wildman–Crippen LogP) is 43.8. The molecule has 8 nitrogen and oxygen atoms in total. The molecular weight excluding hydrogens is 1680 g/mol. The Hall–Kier alpha value is -1.54. The van der Waals surface area contributed by atoms with Gasteiger partial charge in [-0.2, -0.15) is 0 Å². The fraction of sp³-hybridized carbons (Fsp3) is 0.882. The molecule has 0 N–H and O–H groups in total. The normalized spacial score (nSPS) is 12.3. The third-order valence-corrected chi connectivity index (χ3v) is 34.2. The van der Waals surface area contributed by atoms with Gasteiger partial charge in [-0.25, -0.2) is 0 Å². The minimum absolute atomic E-state index is 0.0188. The molecule has 2 rings (SSSR count). The van der Waals surface area contributed by atoms with Gasteiger partial charge in [-0.05, 0) is 86.8 Å². The fourth-order valence-corrected chi connectivity index (χ4v) is 24.6. The maximum Gasteiger partial charge on any atom is 0.305 e. The summed E-state index contributed by atoms with van der Waals surface area (Å²) in [6.45, 7) is 16.7. The van der Waals surface area contributed by atoms with E-state index in [1.807, 2.05) is 22.8 Å². The topological polar surface area (TPSA) is 89.5 Å². The Morgan fingerprint density at radius 1 is 0.214 bits per heavy atom. The second kappa shape index (κ2) is 103. The summed E-state index contributed by atoms with van der Waals surface area (Å²) >= 11 is 3.83. The quantitative estimate of drug-likeness (QED) is 0.0362. The van der Waals surface area contributed by atoms with Crippen LogP contribution in [0.5, 0.6) is 11.5 Å². The van der Waals surface area contributed by atoms with Crippen LogP contribution in [0.3, 0.4) is 0 Å². The number of carbonyl (C=O) groups excluding carboxylic acids is 2. The van der Waals surface area contributed by atoms with Crippen molar-refractivity contribution < 1.29 is 37.2 Å². The van der Waals surface area contributed by atoms with Crippen LogP contribution in [0.25, 0.3) is 0 Å². The molecule has 0 aromatic heterocycles. The van der Waals surface area contributed by atoms with E-state index >= 15 is 0 Å². The van der Waals surface area contributed by atoms with Crippen LogP contribution in [-0.4, -0.2) is 49.9 Å². The Morgan fingerprint density at radius 2 is 0.374 bits per heavy atom. The molecule has 0 saturated heterocycles. The van der Waals surface area contributed by atoms with E-state index in [2.05, 4.69) is 90.1 Å². The van der Waals surface area contributed by atoms with Crippen molar-refractivity contribution in [1.29, 1.82) is 0 Å². The van der Waals surface area contributed by atoms with Gasteiger partial charge in [-0.15, -0.1) is 0 Å². The number of ether oxygens (including phenoxy) is 2. The Kier molecular flexibility index (Phi) is 98.5. The van der Waals surface area contributed by atoms with Gasteiger partial charge in [-0.3, -0.25) is 9.59 Å². The molecule has 0 saturated carbocycles. The van der Waals surface area contributed by atoms with Crippen LogP contribution < -0.4 is 9.05 Å². The molecule has 2 unspecified atom stereocenters. The number of unbranched alkanes of at least 4 members (excludes halogenated alkanes) is 84. The highest BCUT2D eigenvalue weighted by atomic mass is 32.7. The van der Waals surface area contributed by atoms with E-state index in [0.29, 0.717) is 26.1 Å². The van der Waals surface area contributed by atoms with Crippen molar-refractivity contribution in [3.05, 3.63) is 59.7 Å². The summed E-state index contributed by atoms with van der Waals surface area (Å²) in [7, 11) is -2.18. The van der Waals surface area contributed by atoms with Gasteiger partial charge in [-0.1, -0.05) is 615 Å². The van der Waals surface area contributed by atoms with E-state index in [0.717, 1.165) is 87.6 Å². The average Bonchev–Trinajstić information content (AvgIpc) is 0.801. The first kappa shape index (κ1) is 126. The largest absolute Gasteiger partial charge is 0.466 e. The van der Waals surface area contributed by atoms with Crippen molar-refractivity contribution in [2.75, 3.05) is 37.9 Å². The summed E-state index contributed by atoms with van der Waals surface area (Å²) < 4.78 is 38.1. The van der Waals surface area contributed by atoms with Gasteiger partial charge in [0, 0.05) is 29.8 Å². The highest BCUT2D eigenvalue weighted by Crippen LogP contribution is 2.54. The van der Waals surface area contributed by atoms with Crippen LogP contribution in [0.1, 0.15) is 643 Å². The second-order valence-electron chi connectivity index (χ2n) is 41.0. The van der Waals surface area contributed by atoms with E-state index in [4.69, 9.17) is 27.6 Å². The van der Waals surface area contributed by atoms with Crippen LogP contribution in [0.2, 0.25) is 0 Å². The van der Waals surface area contributed by atoms with Crippen molar-refractivity contribution in [3.63, 3.8) is 0 Å². The zero-order valence-corrected chi connectivity index (χ0v) is 91.8. The van der Waals surface area contributed by atoms with Crippen molar-refractivity contribution in [1.82, 2.24) is 0 Å². The van der Waals surface area contributed by atoms with E-state index in [1.54, 1.807) is 0 Å². The van der Waals surface area contributed by atoms with E-state index in [1.165, 1.54) is 538 Å². The Labute approximate surface area is 828 Å². The van der Waals surface area contributed by atoms with Crippen molar-refractivity contribution in [3.8, 4) is 11.5 Å². The molecule has 2 aromatic carbocycles. The summed E-state index contributed by atoms with van der Waals surface area (Å²) in [5.41, 5.74) is 2.34. The average molecular weight is 1910 g/mol. The number of hydrogen-bond acceptors (Lipinski definition) is 10. The smallest absolute Gasteiger partial charge is 0.305 e. The van der Waals surface area contributed by atoms with Crippen LogP contribution in [0.15, 0.2) is 48.5 Å². The van der Waals surface area contributed by atoms with Gasteiger partial charge in [0.15, 0.2) is 0 Å². The number of benzene rings is 2. The number of carbonyl (C=O) groups is 2. The monoisotopic (exact) mass is 1910 g/mol. The van der Waals surface area contributed by atoms with Crippen LogP contribution in [-0.2, 0) is 33.5 Å². The van der Waals surface area contributed by atoms with Crippen LogP contribution >= 0.6 is 37.9 Å². The molecule has 0 amide bonds. The lowest BCUT2D eigenvalue weighted by atomic mass is 9.78. The summed E-state index contributed by atoms with van der Waals surface area (Å²) in [5, 5.41) is 0. The fourth-order valence-electron chi connectivity index (χ4n) is 18.7. The lowest BCUT2D eigenvalue weighted by molar-refractivity contribution is -0.144. The minimum atomic E-state index is -1.09. The molecule has 0 heterocycles. The molecule has 12 heteroatoms.